The van der Waals surface area contributed by atoms with E-state index in [0.717, 1.165) is 34.4 Å². The van der Waals surface area contributed by atoms with Crippen molar-refractivity contribution >= 4 is 33.3 Å². The van der Waals surface area contributed by atoms with Gasteiger partial charge in [0.05, 0.1) is 11.1 Å². The third-order valence-corrected chi connectivity index (χ3v) is 9.56. The minimum absolute atomic E-state index is 0.00702. The van der Waals surface area contributed by atoms with E-state index in [2.05, 4.69) is 98.0 Å². The number of furan rings is 1. The summed E-state index contributed by atoms with van der Waals surface area (Å²) in [5.41, 5.74) is 11.3. The van der Waals surface area contributed by atoms with E-state index in [1.807, 2.05) is 0 Å². The Hall–Kier alpha value is -3.52. The SMILES string of the molecule is CC1(C)c2ccccc2-c2ccc(Nc3ccc(C4CC5CCC4C5)c4oc5ccccc5c34)cc21. The summed E-state index contributed by atoms with van der Waals surface area (Å²) < 4.78 is 6.59. The largest absolute Gasteiger partial charge is 0.456 e. The van der Waals surface area contributed by atoms with Gasteiger partial charge in [0, 0.05) is 16.5 Å². The Labute approximate surface area is 212 Å². The van der Waals surface area contributed by atoms with Gasteiger partial charge in [0.25, 0.3) is 0 Å². The standard InChI is InChI=1S/C34H31NO/c1-34(2)28-9-5-3-7-23(28)24-14-13-22(19-29(24)34)35-30-16-15-25(27-18-20-11-12-21(27)17-20)33-32(30)26-8-4-6-10-31(26)36-33/h3-10,13-16,19-21,27,35H,11-12,17-18H2,1-2H3. The first-order chi connectivity index (χ1) is 17.6. The molecule has 3 aliphatic carbocycles. The number of rotatable bonds is 3. The quantitative estimate of drug-likeness (QED) is 0.284. The van der Waals surface area contributed by atoms with Crippen LogP contribution < -0.4 is 5.32 Å². The summed E-state index contributed by atoms with van der Waals surface area (Å²) in [4.78, 5) is 0. The average Bonchev–Trinajstić information content (AvgIpc) is 3.66. The Morgan fingerprint density at radius 3 is 2.50 bits per heavy atom. The molecule has 0 amide bonds. The molecule has 1 heterocycles. The van der Waals surface area contributed by atoms with E-state index in [-0.39, 0.29) is 5.41 Å². The average molecular weight is 470 g/mol. The molecule has 1 aromatic heterocycles. The Kier molecular flexibility index (Phi) is 4.16. The monoisotopic (exact) mass is 469 g/mol. The number of nitrogens with one attached hydrogen (secondary N) is 1. The van der Waals surface area contributed by atoms with Crippen molar-refractivity contribution in [2.24, 2.45) is 11.8 Å². The zero-order chi connectivity index (χ0) is 24.0. The summed E-state index contributed by atoms with van der Waals surface area (Å²) >= 11 is 0. The lowest BCUT2D eigenvalue weighted by molar-refractivity contribution is 0.419. The lowest BCUT2D eigenvalue weighted by atomic mass is 9.82. The molecule has 2 saturated carbocycles. The van der Waals surface area contributed by atoms with E-state index in [1.165, 1.54) is 64.3 Å². The van der Waals surface area contributed by atoms with Gasteiger partial charge in [-0.3, -0.25) is 0 Å². The molecule has 1 N–H and O–H groups in total. The second-order valence-electron chi connectivity index (χ2n) is 11.8. The third kappa shape index (κ3) is 2.79. The molecular formula is C34H31NO. The molecule has 0 radical (unpaired) electrons. The van der Waals surface area contributed by atoms with Gasteiger partial charge in [-0.25, -0.2) is 0 Å². The highest BCUT2D eigenvalue weighted by atomic mass is 16.3. The lowest BCUT2D eigenvalue weighted by Gasteiger charge is -2.23. The van der Waals surface area contributed by atoms with Crippen molar-refractivity contribution in [2.75, 3.05) is 5.32 Å². The highest BCUT2D eigenvalue weighted by molar-refractivity contribution is 6.13. The van der Waals surface area contributed by atoms with Crippen LogP contribution in [0.4, 0.5) is 11.4 Å². The number of hydrogen-bond donors (Lipinski definition) is 1. The van der Waals surface area contributed by atoms with Gasteiger partial charge in [0.1, 0.15) is 11.2 Å². The van der Waals surface area contributed by atoms with Gasteiger partial charge in [-0.15, -0.1) is 0 Å². The van der Waals surface area contributed by atoms with Crippen molar-refractivity contribution in [1.29, 1.82) is 0 Å². The molecule has 0 saturated heterocycles. The smallest absolute Gasteiger partial charge is 0.140 e. The Morgan fingerprint density at radius 2 is 1.64 bits per heavy atom. The van der Waals surface area contributed by atoms with Crippen molar-refractivity contribution in [1.82, 2.24) is 0 Å². The molecule has 5 aromatic rings. The number of hydrogen-bond acceptors (Lipinski definition) is 2. The maximum atomic E-state index is 6.59. The van der Waals surface area contributed by atoms with Gasteiger partial charge in [-0.05, 0) is 89.1 Å². The van der Waals surface area contributed by atoms with Crippen LogP contribution in [0.3, 0.4) is 0 Å². The molecule has 178 valence electrons. The number of fused-ring (bicyclic) bond motifs is 8. The predicted octanol–water partition coefficient (Wildman–Crippen LogP) is 9.54. The van der Waals surface area contributed by atoms with E-state index < -0.39 is 0 Å². The highest BCUT2D eigenvalue weighted by Gasteiger charge is 2.41. The predicted molar refractivity (Wildman–Crippen MR) is 149 cm³/mol. The third-order valence-electron chi connectivity index (χ3n) is 9.56. The lowest BCUT2D eigenvalue weighted by Crippen LogP contribution is -2.15. The highest BCUT2D eigenvalue weighted by Crippen LogP contribution is 2.55. The van der Waals surface area contributed by atoms with Crippen LogP contribution in [0.25, 0.3) is 33.1 Å². The Balaban J connectivity index is 1.26. The van der Waals surface area contributed by atoms with Crippen LogP contribution in [0.2, 0.25) is 0 Å². The molecule has 0 aliphatic heterocycles. The molecular weight excluding hydrogens is 438 g/mol. The zero-order valence-corrected chi connectivity index (χ0v) is 21.0. The fourth-order valence-corrected chi connectivity index (χ4v) is 7.81. The van der Waals surface area contributed by atoms with Gasteiger partial charge in [0.2, 0.25) is 0 Å². The van der Waals surface area contributed by atoms with Crippen LogP contribution in [0, 0.1) is 11.8 Å². The normalized spacial score (nSPS) is 23.3. The van der Waals surface area contributed by atoms with E-state index in [1.54, 1.807) is 0 Å². The summed E-state index contributed by atoms with van der Waals surface area (Å²) in [5, 5.41) is 6.24. The molecule has 2 fully saturated rings. The Bertz CT molecular complexity index is 1670. The van der Waals surface area contributed by atoms with Crippen LogP contribution in [-0.4, -0.2) is 0 Å². The summed E-state index contributed by atoms with van der Waals surface area (Å²) in [5.74, 6) is 2.38. The summed E-state index contributed by atoms with van der Waals surface area (Å²) in [7, 11) is 0. The molecule has 2 nitrogen and oxygen atoms in total. The molecule has 0 spiro atoms. The topological polar surface area (TPSA) is 25.2 Å². The maximum absolute atomic E-state index is 6.59. The summed E-state index contributed by atoms with van der Waals surface area (Å²) in [6, 6.07) is 28.9. The van der Waals surface area contributed by atoms with Crippen LogP contribution in [-0.2, 0) is 5.41 Å². The van der Waals surface area contributed by atoms with Gasteiger partial charge < -0.3 is 9.73 Å². The van der Waals surface area contributed by atoms with Gasteiger partial charge >= 0.3 is 0 Å². The van der Waals surface area contributed by atoms with Crippen LogP contribution in [0.15, 0.2) is 83.3 Å². The molecule has 2 heteroatoms. The number of para-hydroxylation sites is 1. The Morgan fingerprint density at radius 1 is 0.806 bits per heavy atom. The van der Waals surface area contributed by atoms with Crippen LogP contribution >= 0.6 is 0 Å². The maximum Gasteiger partial charge on any atom is 0.140 e. The van der Waals surface area contributed by atoms with Crippen molar-refractivity contribution in [3.05, 3.63) is 95.6 Å². The summed E-state index contributed by atoms with van der Waals surface area (Å²) in [6.07, 6.45) is 5.52. The molecule has 2 bridgehead atoms. The second kappa shape index (κ2) is 7.26. The first-order valence-electron chi connectivity index (χ1n) is 13.5. The van der Waals surface area contributed by atoms with Crippen molar-refractivity contribution in [3.8, 4) is 11.1 Å². The second-order valence-corrected chi connectivity index (χ2v) is 11.8. The van der Waals surface area contributed by atoms with Crippen molar-refractivity contribution in [2.45, 2.75) is 50.9 Å². The van der Waals surface area contributed by atoms with Gasteiger partial charge in [0.15, 0.2) is 0 Å². The van der Waals surface area contributed by atoms with Crippen LogP contribution in [0.5, 0.6) is 0 Å². The molecule has 8 rings (SSSR count). The summed E-state index contributed by atoms with van der Waals surface area (Å²) in [6.45, 7) is 4.68. The molecule has 3 aliphatic rings. The zero-order valence-electron chi connectivity index (χ0n) is 21.0. The number of benzene rings is 4. The fraction of sp³-hybridized carbons (Fsp3) is 0.294. The molecule has 4 aromatic carbocycles. The molecule has 36 heavy (non-hydrogen) atoms. The fourth-order valence-electron chi connectivity index (χ4n) is 7.81. The minimum atomic E-state index is -0.00702. The molecule has 3 atom stereocenters. The van der Waals surface area contributed by atoms with E-state index in [4.69, 9.17) is 4.42 Å². The minimum Gasteiger partial charge on any atom is -0.456 e. The van der Waals surface area contributed by atoms with Gasteiger partial charge in [-0.1, -0.05) is 74.9 Å². The number of anilines is 2. The van der Waals surface area contributed by atoms with E-state index in [9.17, 15) is 0 Å². The van der Waals surface area contributed by atoms with E-state index in [0.29, 0.717) is 5.92 Å². The van der Waals surface area contributed by atoms with Crippen LogP contribution in [0.1, 0.15) is 62.1 Å². The molecule has 3 unspecified atom stereocenters. The van der Waals surface area contributed by atoms with Gasteiger partial charge in [-0.2, -0.15) is 0 Å². The first kappa shape index (κ1) is 20.7. The van der Waals surface area contributed by atoms with Crippen molar-refractivity contribution < 1.29 is 4.42 Å². The van der Waals surface area contributed by atoms with E-state index >= 15 is 0 Å². The van der Waals surface area contributed by atoms with Crippen molar-refractivity contribution in [3.63, 3.8) is 0 Å². The first-order valence-corrected chi connectivity index (χ1v) is 13.5.